The summed E-state index contributed by atoms with van der Waals surface area (Å²) in [6, 6.07) is 3.94. The van der Waals surface area contributed by atoms with Crippen LogP contribution in [0.4, 0.5) is 0 Å². The number of carbonyl (C=O) groups excluding carboxylic acids is 1. The number of carbonyl (C=O) groups is 1. The van der Waals surface area contributed by atoms with E-state index in [1.54, 1.807) is 11.3 Å². The van der Waals surface area contributed by atoms with Crippen LogP contribution in [0.25, 0.3) is 0 Å². The molecule has 0 N–H and O–H groups in total. The summed E-state index contributed by atoms with van der Waals surface area (Å²) < 4.78 is 4.97. The first-order chi connectivity index (χ1) is 4.93. The second kappa shape index (κ2) is 4.19. The molecule has 2 nitrogen and oxygen atoms in total. The zero-order valence-electron chi connectivity index (χ0n) is 5.45. The van der Waals surface area contributed by atoms with Crippen LogP contribution >= 0.6 is 11.3 Å². The summed E-state index contributed by atoms with van der Waals surface area (Å²) in [6.45, 7) is 0.744. The van der Waals surface area contributed by atoms with Gasteiger partial charge in [-0.3, -0.25) is 0 Å². The molecule has 0 saturated heterocycles. The molecule has 54 valence electrons. The Morgan fingerprint density at radius 1 is 1.70 bits per heavy atom. The molecule has 3 heteroatoms. The maximum atomic E-state index is 9.81. The number of rotatable bonds is 4. The average Bonchev–Trinajstić information content (AvgIpc) is 2.41. The van der Waals surface area contributed by atoms with Crippen LogP contribution < -0.4 is 0 Å². The van der Waals surface area contributed by atoms with Crippen molar-refractivity contribution in [3.8, 4) is 0 Å². The molecule has 10 heavy (non-hydrogen) atoms. The molecule has 1 aromatic rings. The molecule has 0 fully saturated rings. The highest BCUT2D eigenvalue weighted by atomic mass is 32.1. The minimum Gasteiger partial charge on any atom is -0.368 e. The van der Waals surface area contributed by atoms with Crippen LogP contribution in [0.5, 0.6) is 0 Å². The molecule has 0 bridgehead atoms. The first-order valence-corrected chi connectivity index (χ1v) is 3.85. The highest BCUT2D eigenvalue weighted by Gasteiger charge is 1.90. The molecule has 0 aliphatic heterocycles. The van der Waals surface area contributed by atoms with E-state index in [0.717, 1.165) is 11.2 Å². The van der Waals surface area contributed by atoms with Gasteiger partial charge in [0.1, 0.15) is 12.9 Å². The van der Waals surface area contributed by atoms with E-state index in [4.69, 9.17) is 4.74 Å². The molecule has 0 saturated carbocycles. The summed E-state index contributed by atoms with van der Waals surface area (Å²) in [5, 5.41) is 1.99. The molecule has 0 radical (unpaired) electrons. The summed E-state index contributed by atoms with van der Waals surface area (Å²) in [4.78, 5) is 11.0. The van der Waals surface area contributed by atoms with Gasteiger partial charge in [0.05, 0.1) is 6.61 Å². The fraction of sp³-hybridized carbons (Fsp3) is 0.286. The van der Waals surface area contributed by atoms with Crippen molar-refractivity contribution < 1.29 is 9.53 Å². The lowest BCUT2D eigenvalue weighted by Gasteiger charge is -1.93. The van der Waals surface area contributed by atoms with E-state index >= 15 is 0 Å². The lowest BCUT2D eigenvalue weighted by atomic mass is 10.5. The molecular weight excluding hydrogens is 148 g/mol. The quantitative estimate of drug-likeness (QED) is 0.487. The molecule has 1 heterocycles. The van der Waals surface area contributed by atoms with Gasteiger partial charge in [-0.2, -0.15) is 0 Å². The number of thiophene rings is 1. The van der Waals surface area contributed by atoms with Gasteiger partial charge in [-0.05, 0) is 11.4 Å². The van der Waals surface area contributed by atoms with Crippen molar-refractivity contribution in [1.82, 2.24) is 0 Å². The standard InChI is InChI=1S/C7H8O2S/c8-3-4-9-6-7-2-1-5-10-7/h1-3,5H,4,6H2. The van der Waals surface area contributed by atoms with E-state index < -0.39 is 0 Å². The molecular formula is C7H8O2S. The van der Waals surface area contributed by atoms with Gasteiger partial charge in [0, 0.05) is 4.88 Å². The first kappa shape index (κ1) is 7.44. The van der Waals surface area contributed by atoms with Crippen molar-refractivity contribution in [1.29, 1.82) is 0 Å². The Kier molecular flexibility index (Phi) is 3.12. The van der Waals surface area contributed by atoms with E-state index in [1.807, 2.05) is 17.5 Å². The van der Waals surface area contributed by atoms with Crippen molar-refractivity contribution in [2.45, 2.75) is 6.61 Å². The molecule has 1 aromatic heterocycles. The predicted octanol–water partition coefficient (Wildman–Crippen LogP) is 1.46. The maximum Gasteiger partial charge on any atom is 0.145 e. The van der Waals surface area contributed by atoms with Crippen molar-refractivity contribution in [2.75, 3.05) is 6.61 Å². The Morgan fingerprint density at radius 3 is 3.20 bits per heavy atom. The minimum atomic E-state index is 0.192. The summed E-state index contributed by atoms with van der Waals surface area (Å²) >= 11 is 1.63. The van der Waals surface area contributed by atoms with Gasteiger partial charge in [0.15, 0.2) is 0 Å². The van der Waals surface area contributed by atoms with Gasteiger partial charge in [-0.25, -0.2) is 0 Å². The molecule has 0 atom stereocenters. The monoisotopic (exact) mass is 156 g/mol. The van der Waals surface area contributed by atoms with E-state index in [9.17, 15) is 4.79 Å². The van der Waals surface area contributed by atoms with Crippen molar-refractivity contribution in [2.24, 2.45) is 0 Å². The van der Waals surface area contributed by atoms with E-state index in [-0.39, 0.29) is 6.61 Å². The number of hydrogen-bond acceptors (Lipinski definition) is 3. The van der Waals surface area contributed by atoms with Crippen molar-refractivity contribution in [3.63, 3.8) is 0 Å². The third kappa shape index (κ3) is 2.29. The van der Waals surface area contributed by atoms with E-state index in [0.29, 0.717) is 6.61 Å². The second-order valence-corrected chi connectivity index (χ2v) is 2.79. The summed E-state index contributed by atoms with van der Waals surface area (Å²) in [5.41, 5.74) is 0. The summed E-state index contributed by atoms with van der Waals surface area (Å²) in [5.74, 6) is 0. The van der Waals surface area contributed by atoms with Gasteiger partial charge in [0.25, 0.3) is 0 Å². The van der Waals surface area contributed by atoms with Crippen LogP contribution in [-0.4, -0.2) is 12.9 Å². The topological polar surface area (TPSA) is 26.3 Å². The molecule has 0 aliphatic rings. The minimum absolute atomic E-state index is 0.192. The Bertz CT molecular complexity index is 181. The number of aldehydes is 1. The zero-order chi connectivity index (χ0) is 7.23. The largest absolute Gasteiger partial charge is 0.368 e. The lowest BCUT2D eigenvalue weighted by Crippen LogP contribution is -1.93. The fourth-order valence-corrected chi connectivity index (χ4v) is 1.24. The third-order valence-corrected chi connectivity index (χ3v) is 1.86. The Morgan fingerprint density at radius 2 is 2.60 bits per heavy atom. The van der Waals surface area contributed by atoms with Crippen LogP contribution in [0.2, 0.25) is 0 Å². The Labute approximate surface area is 63.4 Å². The van der Waals surface area contributed by atoms with E-state index in [2.05, 4.69) is 0 Å². The number of hydrogen-bond donors (Lipinski definition) is 0. The highest BCUT2D eigenvalue weighted by molar-refractivity contribution is 7.09. The lowest BCUT2D eigenvalue weighted by molar-refractivity contribution is -0.112. The number of ether oxygens (including phenoxy) is 1. The average molecular weight is 156 g/mol. The SMILES string of the molecule is O=CCOCc1cccs1. The molecule has 1 rings (SSSR count). The summed E-state index contributed by atoms with van der Waals surface area (Å²) in [6.07, 6.45) is 0.758. The van der Waals surface area contributed by atoms with E-state index in [1.165, 1.54) is 0 Å². The van der Waals surface area contributed by atoms with Gasteiger partial charge in [-0.15, -0.1) is 11.3 Å². The van der Waals surface area contributed by atoms with Gasteiger partial charge >= 0.3 is 0 Å². The van der Waals surface area contributed by atoms with Gasteiger partial charge < -0.3 is 9.53 Å². The second-order valence-electron chi connectivity index (χ2n) is 1.76. The van der Waals surface area contributed by atoms with Gasteiger partial charge in [0.2, 0.25) is 0 Å². The Hall–Kier alpha value is -0.670. The first-order valence-electron chi connectivity index (χ1n) is 2.97. The molecule has 0 aliphatic carbocycles. The normalized spacial score (nSPS) is 9.60. The third-order valence-electron chi connectivity index (χ3n) is 1.01. The zero-order valence-corrected chi connectivity index (χ0v) is 6.26. The predicted molar refractivity (Wildman–Crippen MR) is 40.0 cm³/mol. The Balaban J connectivity index is 2.21. The molecule has 0 amide bonds. The smallest absolute Gasteiger partial charge is 0.145 e. The maximum absolute atomic E-state index is 9.81. The van der Waals surface area contributed by atoms with Crippen molar-refractivity contribution in [3.05, 3.63) is 22.4 Å². The molecule has 0 unspecified atom stereocenters. The van der Waals surface area contributed by atoms with Gasteiger partial charge in [-0.1, -0.05) is 6.07 Å². The molecule has 0 spiro atoms. The fourth-order valence-electron chi connectivity index (χ4n) is 0.602. The van der Waals surface area contributed by atoms with Crippen LogP contribution in [0.15, 0.2) is 17.5 Å². The molecule has 0 aromatic carbocycles. The van der Waals surface area contributed by atoms with Crippen LogP contribution in [-0.2, 0) is 16.1 Å². The van der Waals surface area contributed by atoms with Crippen LogP contribution in [0.1, 0.15) is 4.88 Å². The highest BCUT2D eigenvalue weighted by Crippen LogP contribution is 2.08. The van der Waals surface area contributed by atoms with Crippen LogP contribution in [0, 0.1) is 0 Å². The summed E-state index contributed by atoms with van der Waals surface area (Å²) in [7, 11) is 0. The van der Waals surface area contributed by atoms with Crippen molar-refractivity contribution >= 4 is 17.6 Å². The van der Waals surface area contributed by atoms with Crippen LogP contribution in [0.3, 0.4) is 0 Å².